The minimum Gasteiger partial charge on any atom is -0.368 e. The van der Waals surface area contributed by atoms with E-state index in [1.54, 1.807) is 14.1 Å². The number of nitrogens with two attached hydrogens (primary N) is 1. The van der Waals surface area contributed by atoms with Crippen LogP contribution in [0.25, 0.3) is 10.2 Å². The van der Waals surface area contributed by atoms with Crippen LogP contribution in [-0.2, 0) is 4.79 Å². The third kappa shape index (κ3) is 2.44. The first-order valence-electron chi connectivity index (χ1n) is 5.02. The topological polar surface area (TPSA) is 84.1 Å². The zero-order valence-corrected chi connectivity index (χ0v) is 10.4. The quantitative estimate of drug-likeness (QED) is 0.842. The fraction of sp³-hybridized carbons (Fsp3) is 0.300. The number of amides is 1. The van der Waals surface area contributed by atoms with Crippen LogP contribution in [0.2, 0.25) is 0 Å². The molecule has 7 heteroatoms. The number of aromatic nitrogens is 2. The molecule has 0 aliphatic heterocycles. The Hall–Kier alpha value is -1.89. The van der Waals surface area contributed by atoms with Gasteiger partial charge in [-0.25, -0.2) is 4.98 Å². The molecule has 0 aromatic carbocycles. The minimum atomic E-state index is -0.0226. The molecule has 0 radical (unpaired) electrons. The van der Waals surface area contributed by atoms with Crippen molar-refractivity contribution in [2.75, 3.05) is 31.7 Å². The van der Waals surface area contributed by atoms with Crippen LogP contribution in [0.3, 0.4) is 0 Å². The van der Waals surface area contributed by atoms with E-state index in [-0.39, 0.29) is 18.4 Å². The van der Waals surface area contributed by atoms with Gasteiger partial charge in [-0.2, -0.15) is 4.98 Å². The van der Waals surface area contributed by atoms with Crippen molar-refractivity contribution in [2.24, 2.45) is 0 Å². The van der Waals surface area contributed by atoms with E-state index in [0.717, 1.165) is 10.2 Å². The summed E-state index contributed by atoms with van der Waals surface area (Å²) >= 11 is 1.49. The SMILES string of the molecule is CN(C)C(=O)CNc1nc(N)nc2sccc12. The third-order valence-corrected chi connectivity index (χ3v) is 3.05. The number of fused-ring (bicyclic) bond motifs is 1. The lowest BCUT2D eigenvalue weighted by Crippen LogP contribution is -2.28. The number of nitrogens with one attached hydrogen (secondary N) is 1. The largest absolute Gasteiger partial charge is 0.368 e. The first-order valence-corrected chi connectivity index (χ1v) is 5.90. The fourth-order valence-corrected chi connectivity index (χ4v) is 2.10. The summed E-state index contributed by atoms with van der Waals surface area (Å²) in [4.78, 5) is 22.0. The molecule has 0 bridgehead atoms. The molecule has 17 heavy (non-hydrogen) atoms. The molecule has 0 saturated carbocycles. The van der Waals surface area contributed by atoms with Crippen LogP contribution in [0.15, 0.2) is 11.4 Å². The zero-order valence-electron chi connectivity index (χ0n) is 9.60. The lowest BCUT2D eigenvalue weighted by molar-refractivity contribution is -0.126. The van der Waals surface area contributed by atoms with Crippen molar-refractivity contribution in [3.05, 3.63) is 11.4 Å². The number of rotatable bonds is 3. The van der Waals surface area contributed by atoms with Gasteiger partial charge in [-0.1, -0.05) is 0 Å². The normalized spacial score (nSPS) is 10.5. The predicted molar refractivity (Wildman–Crippen MR) is 69.0 cm³/mol. The van der Waals surface area contributed by atoms with E-state index in [1.807, 2.05) is 11.4 Å². The molecule has 90 valence electrons. The first kappa shape index (κ1) is 11.6. The summed E-state index contributed by atoms with van der Waals surface area (Å²) in [6.45, 7) is 0.189. The molecule has 0 fully saturated rings. The van der Waals surface area contributed by atoms with Gasteiger partial charge in [0.15, 0.2) is 0 Å². The summed E-state index contributed by atoms with van der Waals surface area (Å²) in [5.74, 6) is 0.786. The van der Waals surface area contributed by atoms with Crippen molar-refractivity contribution in [3.8, 4) is 0 Å². The molecular formula is C10H13N5OS. The van der Waals surface area contributed by atoms with E-state index in [1.165, 1.54) is 16.2 Å². The van der Waals surface area contributed by atoms with Crippen molar-refractivity contribution in [2.45, 2.75) is 0 Å². The Morgan fingerprint density at radius 1 is 1.53 bits per heavy atom. The molecule has 0 spiro atoms. The number of thiophene rings is 1. The standard InChI is InChI=1S/C10H13N5OS/c1-15(2)7(16)5-12-8-6-3-4-17-9(6)14-10(11)13-8/h3-4H,5H2,1-2H3,(H3,11,12,13,14). The smallest absolute Gasteiger partial charge is 0.241 e. The Kier molecular flexibility index (Phi) is 3.10. The highest BCUT2D eigenvalue weighted by Gasteiger charge is 2.09. The van der Waals surface area contributed by atoms with E-state index in [0.29, 0.717) is 5.82 Å². The highest BCUT2D eigenvalue weighted by molar-refractivity contribution is 7.16. The lowest BCUT2D eigenvalue weighted by atomic mass is 10.3. The molecule has 0 aliphatic rings. The molecule has 2 heterocycles. The van der Waals surface area contributed by atoms with E-state index in [9.17, 15) is 4.79 Å². The highest BCUT2D eigenvalue weighted by Crippen LogP contribution is 2.25. The van der Waals surface area contributed by atoms with Crippen LogP contribution < -0.4 is 11.1 Å². The van der Waals surface area contributed by atoms with Crippen molar-refractivity contribution in [1.82, 2.24) is 14.9 Å². The van der Waals surface area contributed by atoms with Gasteiger partial charge in [0.25, 0.3) is 0 Å². The van der Waals surface area contributed by atoms with Crippen LogP contribution in [0.5, 0.6) is 0 Å². The summed E-state index contributed by atoms with van der Waals surface area (Å²) in [5, 5.41) is 5.78. The molecule has 6 nitrogen and oxygen atoms in total. The second-order valence-electron chi connectivity index (χ2n) is 3.71. The van der Waals surface area contributed by atoms with Gasteiger partial charge in [-0.05, 0) is 11.4 Å². The van der Waals surface area contributed by atoms with E-state index >= 15 is 0 Å². The Morgan fingerprint density at radius 2 is 2.29 bits per heavy atom. The molecule has 0 aliphatic carbocycles. The lowest BCUT2D eigenvalue weighted by Gasteiger charge is -2.11. The first-order chi connectivity index (χ1) is 8.08. The number of carbonyl (C=O) groups excluding carboxylic acids is 1. The summed E-state index contributed by atoms with van der Waals surface area (Å²) < 4.78 is 0. The molecular weight excluding hydrogens is 238 g/mol. The maximum absolute atomic E-state index is 11.5. The van der Waals surface area contributed by atoms with Gasteiger partial charge < -0.3 is 16.0 Å². The number of hydrogen-bond acceptors (Lipinski definition) is 6. The van der Waals surface area contributed by atoms with Gasteiger partial charge >= 0.3 is 0 Å². The van der Waals surface area contributed by atoms with Crippen LogP contribution >= 0.6 is 11.3 Å². The van der Waals surface area contributed by atoms with Crippen molar-refractivity contribution >= 4 is 39.2 Å². The highest BCUT2D eigenvalue weighted by atomic mass is 32.1. The third-order valence-electron chi connectivity index (χ3n) is 2.25. The Morgan fingerprint density at radius 3 is 3.00 bits per heavy atom. The monoisotopic (exact) mass is 251 g/mol. The second kappa shape index (κ2) is 4.54. The number of anilines is 2. The number of nitrogens with zero attached hydrogens (tertiary/aromatic N) is 3. The summed E-state index contributed by atoms with van der Waals surface area (Å²) in [7, 11) is 3.41. The Bertz CT molecular complexity index is 551. The van der Waals surface area contributed by atoms with Gasteiger partial charge in [-0.15, -0.1) is 11.3 Å². The van der Waals surface area contributed by atoms with Gasteiger partial charge in [0.2, 0.25) is 11.9 Å². The molecule has 2 aromatic heterocycles. The molecule has 0 unspecified atom stereocenters. The number of likely N-dealkylation sites (N-methyl/N-ethyl adjacent to an activating group) is 1. The maximum atomic E-state index is 11.5. The van der Waals surface area contributed by atoms with Gasteiger partial charge in [0.05, 0.1) is 11.9 Å². The molecule has 2 rings (SSSR count). The van der Waals surface area contributed by atoms with Crippen LogP contribution in [0, 0.1) is 0 Å². The molecule has 0 atom stereocenters. The van der Waals surface area contributed by atoms with Crippen LogP contribution in [0.1, 0.15) is 0 Å². The maximum Gasteiger partial charge on any atom is 0.241 e. The molecule has 3 N–H and O–H groups in total. The van der Waals surface area contributed by atoms with Crippen LogP contribution in [0.4, 0.5) is 11.8 Å². The molecule has 1 amide bonds. The average molecular weight is 251 g/mol. The number of hydrogen-bond donors (Lipinski definition) is 2. The predicted octanol–water partition coefficient (Wildman–Crippen LogP) is 0.774. The van der Waals surface area contributed by atoms with Crippen molar-refractivity contribution in [3.63, 3.8) is 0 Å². The van der Waals surface area contributed by atoms with Crippen LogP contribution in [-0.4, -0.2) is 41.4 Å². The fourth-order valence-electron chi connectivity index (χ4n) is 1.32. The second-order valence-corrected chi connectivity index (χ2v) is 4.61. The zero-order chi connectivity index (χ0) is 12.4. The minimum absolute atomic E-state index is 0.0226. The van der Waals surface area contributed by atoms with Crippen molar-refractivity contribution in [1.29, 1.82) is 0 Å². The summed E-state index contributed by atoms with van der Waals surface area (Å²) in [5.41, 5.74) is 5.60. The van der Waals surface area contributed by atoms with Gasteiger partial charge in [0, 0.05) is 14.1 Å². The Labute approximate surface area is 102 Å². The van der Waals surface area contributed by atoms with Gasteiger partial charge in [-0.3, -0.25) is 4.79 Å². The van der Waals surface area contributed by atoms with E-state index in [2.05, 4.69) is 15.3 Å². The summed E-state index contributed by atoms with van der Waals surface area (Å²) in [6.07, 6.45) is 0. The Balaban J connectivity index is 2.23. The number of nitrogen functional groups attached to an aromatic ring is 1. The average Bonchev–Trinajstić information content (AvgIpc) is 2.72. The molecule has 0 saturated heterocycles. The molecule has 2 aromatic rings. The van der Waals surface area contributed by atoms with E-state index < -0.39 is 0 Å². The summed E-state index contributed by atoms with van der Waals surface area (Å²) in [6, 6.07) is 1.90. The number of carbonyl (C=O) groups is 1. The van der Waals surface area contributed by atoms with Gasteiger partial charge in [0.1, 0.15) is 10.6 Å². The van der Waals surface area contributed by atoms with E-state index in [4.69, 9.17) is 5.73 Å². The van der Waals surface area contributed by atoms with Crippen molar-refractivity contribution < 1.29 is 4.79 Å².